The van der Waals surface area contributed by atoms with Crippen molar-refractivity contribution in [3.05, 3.63) is 74.9 Å². The van der Waals surface area contributed by atoms with Gasteiger partial charge in [0.15, 0.2) is 0 Å². The molecule has 0 unspecified atom stereocenters. The lowest BCUT2D eigenvalue weighted by molar-refractivity contribution is 0.0697. The molecule has 2 N–H and O–H groups in total. The summed E-state index contributed by atoms with van der Waals surface area (Å²) in [6.45, 7) is 1.85. The van der Waals surface area contributed by atoms with Crippen molar-refractivity contribution in [3.63, 3.8) is 0 Å². The fourth-order valence-corrected chi connectivity index (χ4v) is 3.94. The van der Waals surface area contributed by atoms with Gasteiger partial charge in [-0.3, -0.25) is 9.20 Å². The van der Waals surface area contributed by atoms with Crippen molar-refractivity contribution in [2.75, 3.05) is 5.32 Å². The summed E-state index contributed by atoms with van der Waals surface area (Å²) in [6.07, 6.45) is 9.32. The first-order valence-electron chi connectivity index (χ1n) is 9.81. The van der Waals surface area contributed by atoms with E-state index in [0.717, 1.165) is 31.3 Å². The van der Waals surface area contributed by atoms with Crippen LogP contribution in [0.3, 0.4) is 0 Å². The number of aromatic carboxylic acids is 1. The standard InChI is InChI=1S/C22H21ClN4O3/c1-13(25-20-16(22(29)30)8-5-9-24-20)17-10-15(23)12-27-19(28)11-18(26-21(17)27)14-6-3-2-4-7-14/h5-6,8-13H,2-4,7H2,1H3,(H,24,25)(H,29,30)/t13-/m1/s1. The Kier molecular flexibility index (Phi) is 5.55. The van der Waals surface area contributed by atoms with Crippen LogP contribution in [0.5, 0.6) is 0 Å². The van der Waals surface area contributed by atoms with E-state index in [1.54, 1.807) is 24.4 Å². The zero-order valence-corrected chi connectivity index (χ0v) is 17.2. The van der Waals surface area contributed by atoms with E-state index in [-0.39, 0.29) is 16.9 Å². The zero-order chi connectivity index (χ0) is 21.3. The minimum Gasteiger partial charge on any atom is -0.478 e. The molecule has 0 amide bonds. The predicted octanol–water partition coefficient (Wildman–Crippen LogP) is 4.57. The summed E-state index contributed by atoms with van der Waals surface area (Å²) in [6, 6.07) is 5.94. The van der Waals surface area contributed by atoms with Crippen LogP contribution in [-0.2, 0) is 0 Å². The van der Waals surface area contributed by atoms with Gasteiger partial charge in [0.25, 0.3) is 5.56 Å². The van der Waals surface area contributed by atoms with Crippen LogP contribution in [-0.4, -0.2) is 25.4 Å². The number of fused-ring (bicyclic) bond motifs is 1. The Balaban J connectivity index is 1.81. The molecule has 0 aromatic carbocycles. The highest BCUT2D eigenvalue weighted by Crippen LogP contribution is 2.28. The molecule has 3 aromatic rings. The maximum absolute atomic E-state index is 12.8. The van der Waals surface area contributed by atoms with E-state index >= 15 is 0 Å². The Morgan fingerprint density at radius 1 is 1.33 bits per heavy atom. The van der Waals surface area contributed by atoms with Gasteiger partial charge in [-0.2, -0.15) is 0 Å². The number of allylic oxidation sites excluding steroid dienone is 2. The van der Waals surface area contributed by atoms with E-state index in [2.05, 4.69) is 16.4 Å². The number of rotatable bonds is 5. The average molecular weight is 425 g/mol. The average Bonchev–Trinajstić information content (AvgIpc) is 2.74. The highest BCUT2D eigenvalue weighted by molar-refractivity contribution is 6.30. The van der Waals surface area contributed by atoms with E-state index < -0.39 is 12.0 Å². The molecular weight excluding hydrogens is 404 g/mol. The summed E-state index contributed by atoms with van der Waals surface area (Å²) in [5.74, 6) is -0.835. The van der Waals surface area contributed by atoms with Gasteiger partial charge >= 0.3 is 5.97 Å². The summed E-state index contributed by atoms with van der Waals surface area (Å²) in [5, 5.41) is 12.9. The number of carbonyl (C=O) groups is 1. The summed E-state index contributed by atoms with van der Waals surface area (Å²) in [4.78, 5) is 33.2. The topological polar surface area (TPSA) is 96.6 Å². The summed E-state index contributed by atoms with van der Waals surface area (Å²) < 4.78 is 1.43. The van der Waals surface area contributed by atoms with Crippen LogP contribution < -0.4 is 10.9 Å². The van der Waals surface area contributed by atoms with Crippen LogP contribution >= 0.6 is 11.6 Å². The number of hydrogen-bond acceptors (Lipinski definition) is 5. The van der Waals surface area contributed by atoms with Gasteiger partial charge in [-0.1, -0.05) is 17.7 Å². The van der Waals surface area contributed by atoms with Crippen LogP contribution in [0.25, 0.3) is 11.2 Å². The molecule has 0 saturated carbocycles. The van der Waals surface area contributed by atoms with Crippen molar-refractivity contribution >= 4 is 34.6 Å². The van der Waals surface area contributed by atoms with Gasteiger partial charge in [-0.15, -0.1) is 0 Å². The first kappa shape index (κ1) is 20.1. The highest BCUT2D eigenvalue weighted by atomic mass is 35.5. The van der Waals surface area contributed by atoms with Gasteiger partial charge in [0.2, 0.25) is 0 Å². The van der Waals surface area contributed by atoms with E-state index in [0.29, 0.717) is 21.9 Å². The van der Waals surface area contributed by atoms with Gasteiger partial charge < -0.3 is 10.4 Å². The largest absolute Gasteiger partial charge is 0.478 e. The second-order valence-corrected chi connectivity index (χ2v) is 7.77. The van der Waals surface area contributed by atoms with E-state index in [9.17, 15) is 14.7 Å². The lowest BCUT2D eigenvalue weighted by Gasteiger charge is -2.19. The summed E-state index contributed by atoms with van der Waals surface area (Å²) >= 11 is 6.28. The minimum absolute atomic E-state index is 0.0638. The maximum atomic E-state index is 12.8. The van der Waals surface area contributed by atoms with Crippen molar-refractivity contribution in [2.24, 2.45) is 0 Å². The SMILES string of the molecule is C[C@@H](Nc1ncccc1C(=O)O)c1cc(Cl)cn2c(=O)cc(C3=CCCCC3)nc12. The minimum atomic E-state index is -1.07. The number of anilines is 1. The molecule has 1 aliphatic rings. The molecule has 30 heavy (non-hydrogen) atoms. The maximum Gasteiger partial charge on any atom is 0.339 e. The summed E-state index contributed by atoms with van der Waals surface area (Å²) in [5.41, 5.74) is 2.79. The van der Waals surface area contributed by atoms with Gasteiger partial charge in [0.1, 0.15) is 17.0 Å². The number of pyridine rings is 2. The number of nitrogens with zero attached hydrogens (tertiary/aromatic N) is 3. The molecule has 154 valence electrons. The number of nitrogens with one attached hydrogen (secondary N) is 1. The Hall–Kier alpha value is -3.19. The third-order valence-electron chi connectivity index (χ3n) is 5.23. The fourth-order valence-electron chi connectivity index (χ4n) is 3.72. The first-order chi connectivity index (χ1) is 14.4. The Labute approximate surface area is 178 Å². The second-order valence-electron chi connectivity index (χ2n) is 7.33. The lowest BCUT2D eigenvalue weighted by Crippen LogP contribution is -2.20. The number of hydrogen-bond donors (Lipinski definition) is 2. The molecule has 0 saturated heterocycles. The Morgan fingerprint density at radius 2 is 2.17 bits per heavy atom. The number of carboxylic acid groups (broad SMARTS) is 1. The molecule has 0 radical (unpaired) electrons. The van der Waals surface area contributed by atoms with Gasteiger partial charge in [0.05, 0.1) is 16.8 Å². The van der Waals surface area contributed by atoms with Gasteiger partial charge in [0, 0.05) is 24.0 Å². The molecule has 0 aliphatic heterocycles. The van der Waals surface area contributed by atoms with E-state index in [1.807, 2.05) is 6.92 Å². The number of aromatic nitrogens is 3. The molecule has 3 aromatic heterocycles. The van der Waals surface area contributed by atoms with Crippen LogP contribution in [0.4, 0.5) is 5.82 Å². The predicted molar refractivity (Wildman–Crippen MR) is 116 cm³/mol. The summed E-state index contributed by atoms with van der Waals surface area (Å²) in [7, 11) is 0. The highest BCUT2D eigenvalue weighted by Gasteiger charge is 2.19. The van der Waals surface area contributed by atoms with E-state index in [4.69, 9.17) is 16.6 Å². The smallest absolute Gasteiger partial charge is 0.339 e. The second kappa shape index (κ2) is 8.28. The van der Waals surface area contributed by atoms with Crippen molar-refractivity contribution in [1.82, 2.24) is 14.4 Å². The van der Waals surface area contributed by atoms with Crippen LogP contribution in [0.15, 0.2) is 47.5 Å². The quantitative estimate of drug-likeness (QED) is 0.622. The molecule has 3 heterocycles. The number of carboxylic acids is 1. The zero-order valence-electron chi connectivity index (χ0n) is 16.4. The molecule has 7 nitrogen and oxygen atoms in total. The Bertz CT molecular complexity index is 1220. The van der Waals surface area contributed by atoms with Crippen LogP contribution in [0, 0.1) is 0 Å². The fraction of sp³-hybridized carbons (Fsp3) is 0.273. The molecule has 0 fully saturated rings. The van der Waals surface area contributed by atoms with E-state index in [1.165, 1.54) is 16.7 Å². The van der Waals surface area contributed by atoms with Crippen LogP contribution in [0.1, 0.15) is 60.3 Å². The molecule has 1 aliphatic carbocycles. The van der Waals surface area contributed by atoms with Crippen molar-refractivity contribution in [1.29, 1.82) is 0 Å². The molecule has 4 rings (SSSR count). The molecule has 8 heteroatoms. The van der Waals surface area contributed by atoms with Crippen LogP contribution in [0.2, 0.25) is 5.02 Å². The Morgan fingerprint density at radius 3 is 2.90 bits per heavy atom. The third-order valence-corrected chi connectivity index (χ3v) is 5.44. The normalized spacial score (nSPS) is 14.9. The lowest BCUT2D eigenvalue weighted by atomic mass is 9.97. The van der Waals surface area contributed by atoms with Crippen molar-refractivity contribution < 1.29 is 9.90 Å². The van der Waals surface area contributed by atoms with Gasteiger partial charge in [-0.05, 0) is 56.4 Å². The molecular formula is C22H21ClN4O3. The van der Waals surface area contributed by atoms with Crippen molar-refractivity contribution in [3.8, 4) is 0 Å². The molecule has 0 spiro atoms. The van der Waals surface area contributed by atoms with Gasteiger partial charge in [-0.25, -0.2) is 14.8 Å². The monoisotopic (exact) mass is 424 g/mol. The van der Waals surface area contributed by atoms with Crippen molar-refractivity contribution in [2.45, 2.75) is 38.6 Å². The molecule has 0 bridgehead atoms. The number of halogens is 1. The third kappa shape index (κ3) is 3.93. The molecule has 1 atom stereocenters. The first-order valence-corrected chi connectivity index (χ1v) is 10.2.